The molecule has 1 aliphatic heterocycles. The molecule has 0 fully saturated rings. The van der Waals surface area contributed by atoms with Crippen LogP contribution in [-0.2, 0) is 0 Å². The van der Waals surface area contributed by atoms with E-state index in [1.54, 1.807) is 6.08 Å². The Labute approximate surface area is 71.3 Å². The maximum absolute atomic E-state index is 9.99. The summed E-state index contributed by atoms with van der Waals surface area (Å²) in [6.07, 6.45) is 10.5. The maximum Gasteiger partial charge on any atom is 0.0951 e. The Kier molecular flexibility index (Phi) is 3.02. The van der Waals surface area contributed by atoms with Crippen LogP contribution in [-0.4, -0.2) is 11.4 Å². The summed E-state index contributed by atoms with van der Waals surface area (Å²) < 4.78 is 0. The first-order chi connectivity index (χ1) is 5.88. The quantitative estimate of drug-likeness (QED) is 0.470. The highest BCUT2D eigenvalue weighted by atomic mass is 16.2. The van der Waals surface area contributed by atoms with E-state index >= 15 is 0 Å². The second-order valence-electron chi connectivity index (χ2n) is 2.30. The summed E-state index contributed by atoms with van der Waals surface area (Å²) in [6, 6.07) is 0. The third-order valence-electron chi connectivity index (χ3n) is 1.49. The number of nitroso groups, excluding NO2 is 1. The second kappa shape index (κ2) is 4.28. The van der Waals surface area contributed by atoms with Crippen LogP contribution in [0.2, 0.25) is 0 Å². The van der Waals surface area contributed by atoms with E-state index < -0.39 is 0 Å². The van der Waals surface area contributed by atoms with Crippen molar-refractivity contribution in [2.24, 2.45) is 5.18 Å². The molecule has 3 nitrogen and oxygen atoms in total. The Morgan fingerprint density at radius 3 is 3.08 bits per heavy atom. The number of allylic oxidation sites excluding steroid dienone is 3. The fourth-order valence-corrected chi connectivity index (χ4v) is 0.966. The Bertz CT molecular complexity index is 264. The number of hydrogen-bond donors (Lipinski definition) is 0. The van der Waals surface area contributed by atoms with E-state index in [1.165, 1.54) is 6.20 Å². The van der Waals surface area contributed by atoms with Gasteiger partial charge < -0.3 is 4.90 Å². The average molecular weight is 162 g/mol. The average Bonchev–Trinajstić information content (AvgIpc) is 2.09. The Hall–Kier alpha value is -1.64. The molecule has 0 aromatic carbocycles. The van der Waals surface area contributed by atoms with Crippen molar-refractivity contribution >= 4 is 0 Å². The molecule has 12 heavy (non-hydrogen) atoms. The molecule has 0 aromatic rings. The van der Waals surface area contributed by atoms with E-state index in [0.29, 0.717) is 6.54 Å². The molecule has 0 bridgehead atoms. The van der Waals surface area contributed by atoms with Gasteiger partial charge in [-0.15, -0.1) is 11.5 Å². The Morgan fingerprint density at radius 2 is 2.42 bits per heavy atom. The molecule has 0 spiro atoms. The van der Waals surface area contributed by atoms with Gasteiger partial charge in [-0.2, -0.15) is 0 Å². The fraction of sp³-hybridized carbons (Fsp3) is 0.111. The lowest BCUT2D eigenvalue weighted by Crippen LogP contribution is -2.16. The molecular weight excluding hydrogens is 152 g/mol. The molecule has 0 unspecified atom stereocenters. The molecular formula is C9H10N2O. The Balaban J connectivity index is 2.76. The van der Waals surface area contributed by atoms with Crippen molar-refractivity contribution < 1.29 is 0 Å². The molecule has 0 N–H and O–H groups in total. The van der Waals surface area contributed by atoms with E-state index in [2.05, 4.69) is 11.8 Å². The van der Waals surface area contributed by atoms with Crippen LogP contribution < -0.4 is 0 Å². The van der Waals surface area contributed by atoms with Gasteiger partial charge in [-0.3, -0.25) is 0 Å². The van der Waals surface area contributed by atoms with Crippen LogP contribution in [0.25, 0.3) is 0 Å². The number of nitrogens with zero attached hydrogens (tertiary/aromatic N) is 2. The largest absolute Gasteiger partial charge is 0.343 e. The first-order valence-corrected chi connectivity index (χ1v) is 3.63. The minimum atomic E-state index is 0.683. The lowest BCUT2D eigenvalue weighted by Gasteiger charge is -2.20. The molecule has 1 rings (SSSR count). The summed E-state index contributed by atoms with van der Waals surface area (Å²) in [5, 5.41) is 2.72. The minimum Gasteiger partial charge on any atom is -0.343 e. The first-order valence-electron chi connectivity index (χ1n) is 3.63. The third-order valence-corrected chi connectivity index (χ3v) is 1.49. The van der Waals surface area contributed by atoms with Gasteiger partial charge in [0, 0.05) is 12.7 Å². The third kappa shape index (κ3) is 1.92. The smallest absolute Gasteiger partial charge is 0.0951 e. The zero-order valence-electron chi connectivity index (χ0n) is 6.68. The minimum absolute atomic E-state index is 0.683. The van der Waals surface area contributed by atoms with Crippen molar-refractivity contribution in [2.75, 3.05) is 6.54 Å². The van der Waals surface area contributed by atoms with Gasteiger partial charge in [0.25, 0.3) is 0 Å². The van der Waals surface area contributed by atoms with Crippen LogP contribution in [0.3, 0.4) is 0 Å². The predicted octanol–water partition coefficient (Wildman–Crippen LogP) is 2.17. The van der Waals surface area contributed by atoms with Gasteiger partial charge in [-0.25, -0.2) is 0 Å². The zero-order valence-corrected chi connectivity index (χ0v) is 6.68. The molecule has 0 saturated heterocycles. The zero-order chi connectivity index (χ0) is 8.81. The summed E-state index contributed by atoms with van der Waals surface area (Å²) >= 11 is 0. The molecule has 0 saturated carbocycles. The molecule has 1 heterocycles. The summed E-state index contributed by atoms with van der Waals surface area (Å²) in [5.74, 6) is 0. The maximum atomic E-state index is 9.99. The predicted molar refractivity (Wildman–Crippen MR) is 49.1 cm³/mol. The van der Waals surface area contributed by atoms with Gasteiger partial charge in [0.05, 0.1) is 11.9 Å². The summed E-state index contributed by atoms with van der Waals surface area (Å²) in [7, 11) is 0. The normalized spacial score (nSPS) is 18.3. The summed E-state index contributed by atoms with van der Waals surface area (Å²) in [4.78, 5) is 11.9. The molecule has 0 amide bonds. The highest BCUT2D eigenvalue weighted by molar-refractivity contribution is 5.27. The van der Waals surface area contributed by atoms with Crippen molar-refractivity contribution in [3.05, 3.63) is 53.9 Å². The number of rotatable bonds is 3. The molecule has 0 atom stereocenters. The van der Waals surface area contributed by atoms with Crippen molar-refractivity contribution in [1.29, 1.82) is 0 Å². The van der Waals surface area contributed by atoms with Gasteiger partial charge in [0.2, 0.25) is 0 Å². The van der Waals surface area contributed by atoms with Crippen LogP contribution in [0.5, 0.6) is 0 Å². The molecule has 3 heteroatoms. The Morgan fingerprint density at radius 1 is 1.58 bits per heavy atom. The van der Waals surface area contributed by atoms with Crippen molar-refractivity contribution in [3.63, 3.8) is 0 Å². The van der Waals surface area contributed by atoms with Gasteiger partial charge in [-0.05, 0) is 17.3 Å². The van der Waals surface area contributed by atoms with E-state index in [-0.39, 0.29) is 0 Å². The van der Waals surface area contributed by atoms with E-state index in [4.69, 9.17) is 0 Å². The molecule has 1 aliphatic rings. The van der Waals surface area contributed by atoms with E-state index in [9.17, 15) is 4.91 Å². The summed E-state index contributed by atoms with van der Waals surface area (Å²) in [5.41, 5.74) is 0.785. The first kappa shape index (κ1) is 8.46. The lowest BCUT2D eigenvalue weighted by molar-refractivity contribution is 0.528. The standard InChI is InChI=1S/C9H10N2O/c1-2-6-11-7-4-3-5-9(11)8-10-12/h2-5,7-8H,1,6H2/b9-8+. The molecule has 0 aromatic heterocycles. The van der Waals surface area contributed by atoms with Crippen molar-refractivity contribution in [2.45, 2.75) is 0 Å². The number of hydrogen-bond acceptors (Lipinski definition) is 3. The van der Waals surface area contributed by atoms with Gasteiger partial charge in [-0.1, -0.05) is 12.2 Å². The monoisotopic (exact) mass is 162 g/mol. The van der Waals surface area contributed by atoms with Gasteiger partial charge in [0.15, 0.2) is 0 Å². The highest BCUT2D eigenvalue weighted by Gasteiger charge is 2.03. The van der Waals surface area contributed by atoms with Crippen LogP contribution >= 0.6 is 0 Å². The van der Waals surface area contributed by atoms with Crippen LogP contribution in [0.15, 0.2) is 54.2 Å². The van der Waals surface area contributed by atoms with Gasteiger partial charge >= 0.3 is 0 Å². The molecule has 0 radical (unpaired) electrons. The fourth-order valence-electron chi connectivity index (χ4n) is 0.966. The second-order valence-corrected chi connectivity index (χ2v) is 2.30. The van der Waals surface area contributed by atoms with Crippen LogP contribution in [0, 0.1) is 4.91 Å². The van der Waals surface area contributed by atoms with E-state index in [0.717, 1.165) is 5.70 Å². The van der Waals surface area contributed by atoms with Gasteiger partial charge in [0.1, 0.15) is 0 Å². The molecule has 62 valence electrons. The SMILES string of the molecule is C=CCN1C=CC=C/C1=C\N=O. The van der Waals surface area contributed by atoms with E-state index in [1.807, 2.05) is 29.3 Å². The van der Waals surface area contributed by atoms with Crippen LogP contribution in [0.4, 0.5) is 0 Å². The topological polar surface area (TPSA) is 32.7 Å². The van der Waals surface area contributed by atoms with Crippen LogP contribution in [0.1, 0.15) is 0 Å². The molecule has 0 aliphatic carbocycles. The van der Waals surface area contributed by atoms with Crippen molar-refractivity contribution in [3.8, 4) is 0 Å². The lowest BCUT2D eigenvalue weighted by atomic mass is 10.3. The summed E-state index contributed by atoms with van der Waals surface area (Å²) in [6.45, 7) is 4.30. The van der Waals surface area contributed by atoms with Crippen molar-refractivity contribution in [1.82, 2.24) is 4.90 Å². The highest BCUT2D eigenvalue weighted by Crippen LogP contribution is 2.11.